The summed E-state index contributed by atoms with van der Waals surface area (Å²) in [6.07, 6.45) is -7.84. The van der Waals surface area contributed by atoms with Crippen LogP contribution in [0, 0.1) is 218 Å². The van der Waals surface area contributed by atoms with Gasteiger partial charge < -0.3 is 0 Å². The normalized spacial score (nSPS) is 12.1. The molecule has 0 nitrogen and oxygen atoms in total. The van der Waals surface area contributed by atoms with E-state index in [2.05, 4.69) is 0 Å². The average molecular weight is 1940 g/mol. The zero-order chi connectivity index (χ0) is 101. The van der Waals surface area contributed by atoms with Crippen LogP contribution in [-0.4, -0.2) is 6.15 Å². The van der Waals surface area contributed by atoms with Crippen molar-refractivity contribution in [1.29, 1.82) is 0 Å². The third-order valence-electron chi connectivity index (χ3n) is 27.0. The topological polar surface area (TPSA) is 0 Å². The van der Waals surface area contributed by atoms with Gasteiger partial charge in [-0.1, -0.05) is 239 Å². The van der Waals surface area contributed by atoms with Gasteiger partial charge in [0, 0.05) is 86.9 Å². The van der Waals surface area contributed by atoms with Gasteiger partial charge in [-0.2, -0.15) is 0 Å². The summed E-state index contributed by atoms with van der Waals surface area (Å²) in [4.78, 5) is 0. The highest BCUT2D eigenvalue weighted by Gasteiger charge is 2.53. The van der Waals surface area contributed by atoms with E-state index in [1.54, 1.807) is 0 Å². The van der Waals surface area contributed by atoms with Crippen LogP contribution in [-0.2, 0) is 0 Å². The summed E-state index contributed by atoms with van der Waals surface area (Å²) in [5, 5.41) is -35.5. The Bertz CT molecular complexity index is 7950. The Kier molecular flexibility index (Phi) is 22.1. The first-order chi connectivity index (χ1) is 67.0. The molecule has 0 N–H and O–H groups in total. The van der Waals surface area contributed by atoms with Gasteiger partial charge in [-0.05, 0) is 144 Å². The Balaban J connectivity index is 1.33. The second-order valence-electron chi connectivity index (χ2n) is 35.2. The Morgan fingerprint density at radius 1 is 0.106 bits per heavy atom. The van der Waals surface area contributed by atoms with Crippen LogP contribution in [0.15, 0.2) is 194 Å². The van der Waals surface area contributed by atoms with E-state index in [9.17, 15) is 0 Å². The number of rotatable bonds is 12. The maximum absolute atomic E-state index is 22.3. The van der Waals surface area contributed by atoms with Gasteiger partial charge in [-0.3, -0.25) is 0 Å². The molecule has 0 fully saturated rings. The van der Waals surface area contributed by atoms with E-state index >= 15 is 123 Å². The smallest absolute Gasteiger partial charge is 0.198 e. The Hall–Kier alpha value is -15.4. The summed E-state index contributed by atoms with van der Waals surface area (Å²) in [6.45, 7) is 10.7. The first-order valence-corrected chi connectivity index (χ1v) is 43.0. The molecule has 20 aromatic carbocycles. The van der Waals surface area contributed by atoms with E-state index in [1.165, 1.54) is 55.4 Å². The molecule has 141 heavy (non-hydrogen) atoms. The van der Waals surface area contributed by atoms with Crippen molar-refractivity contribution in [2.45, 2.75) is 55.4 Å². The zero-order valence-corrected chi connectivity index (χ0v) is 73.6. The van der Waals surface area contributed by atoms with E-state index in [1.807, 2.05) is 0 Å². The lowest BCUT2D eigenvalue weighted by molar-refractivity contribution is 0.418. The predicted molar refractivity (Wildman–Crippen MR) is 490 cm³/mol. The fraction of sp³-hybridized carbons (Fsp3) is 0.0714. The number of benzene rings is 20. The molecule has 0 atom stereocenters. The summed E-state index contributed by atoms with van der Waals surface area (Å²) < 4.78 is 543. The fourth-order valence-corrected chi connectivity index (χ4v) is 20.7. The van der Waals surface area contributed by atoms with Gasteiger partial charge in [0.15, 0.2) is 140 Å². The molecule has 0 heterocycles. The Labute approximate surface area is 779 Å². The molecule has 20 rings (SSSR count). The van der Waals surface area contributed by atoms with E-state index in [-0.39, 0.29) is 44.5 Å². The highest BCUT2D eigenvalue weighted by Crippen LogP contribution is 2.58. The molecule has 0 amide bonds. The lowest BCUT2D eigenvalue weighted by atomic mass is 9.11. The van der Waals surface area contributed by atoms with Gasteiger partial charge in [0.2, 0.25) is 0 Å². The summed E-state index contributed by atoms with van der Waals surface area (Å²) in [5.41, 5.74) is -29.7. The molecule has 29 heteroatoms. The average Bonchev–Trinajstić information content (AvgIpc) is 0.647. The van der Waals surface area contributed by atoms with Crippen LogP contribution in [0.4, 0.5) is 123 Å². The van der Waals surface area contributed by atoms with Crippen LogP contribution < -0.4 is 21.9 Å². The molecule has 0 aliphatic rings. The third kappa shape index (κ3) is 13.2. The molecule has 0 unspecified atom stereocenters. The van der Waals surface area contributed by atoms with E-state index in [4.69, 9.17) is 0 Å². The summed E-state index contributed by atoms with van der Waals surface area (Å²) >= 11 is 0. The number of aryl methyl sites for hydroxylation is 8. The van der Waals surface area contributed by atoms with Crippen LogP contribution >= 0.6 is 0 Å². The first-order valence-electron chi connectivity index (χ1n) is 43.0. The monoisotopic (exact) mass is 1940 g/mol. The van der Waals surface area contributed by atoms with Gasteiger partial charge in [-0.15, -0.1) is 21.9 Å². The summed E-state index contributed by atoms with van der Waals surface area (Å²) in [7, 11) is 0. The molecule has 20 aromatic rings. The van der Waals surface area contributed by atoms with E-state index < -0.39 is 366 Å². The predicted octanol–water partition coefficient (Wildman–Crippen LogP) is 32.0. The zero-order valence-electron chi connectivity index (χ0n) is 73.6. The van der Waals surface area contributed by atoms with Gasteiger partial charge in [0.05, 0.1) is 0 Å². The molecule has 0 bridgehead atoms. The standard InChI is InChI=1S/C112H56BF28/c1-41-9-25-49(26-10-41)57-61(53-33-17-45(5)18-34-53)69-77(93(122)109(138)105(134)85(69)114)73-65(57)81(97(126)101(130)89(73)118)113(82-66-58(50-27-11-42(2)12-28-50)62(54-35-19-46(6)20-36-54)70-78(74(66)90(119)102(131)98(82)127)94(123)110(139)106(135)86(70)115,83-67-59(51-29-13-43(3)14-30-51)63(55-37-21-47(7)22-38-55)71-79(75(67)91(120)103(132)99(83)128)95(124)111(140)107(136)87(71)116)84-68-60(52-31-15-44(4)16-32-52)64(56-39-23-48(8)24-40-56)72-80(76(68)92(121)104(133)100(84)129)96(125)112(141)108(137)88(72)117/h9-40H,1-8H3/q-1. The van der Waals surface area contributed by atoms with Gasteiger partial charge in [0.25, 0.3) is 0 Å². The second kappa shape index (κ2) is 33.4. The van der Waals surface area contributed by atoms with Crippen molar-refractivity contribution in [1.82, 2.24) is 0 Å². The molecule has 0 spiro atoms. The van der Waals surface area contributed by atoms with Crippen molar-refractivity contribution in [3.8, 4) is 89.0 Å². The number of hydrogen-bond donors (Lipinski definition) is 0. The van der Waals surface area contributed by atoms with Crippen molar-refractivity contribution in [2.24, 2.45) is 0 Å². The number of hydrogen-bond acceptors (Lipinski definition) is 0. The molecule has 704 valence electrons. The number of halogens is 28. The van der Waals surface area contributed by atoms with Crippen LogP contribution in [0.3, 0.4) is 0 Å². The molecule has 0 aliphatic heterocycles. The first kappa shape index (κ1) is 93.2. The van der Waals surface area contributed by atoms with E-state index in [0.29, 0.717) is 0 Å². The van der Waals surface area contributed by atoms with Crippen molar-refractivity contribution in [3.05, 3.63) is 402 Å². The minimum atomic E-state index is -7.84. The molecule has 0 saturated heterocycles. The molecular weight excluding hydrogens is 1890 g/mol. The quantitative estimate of drug-likeness (QED) is 0.0376. The van der Waals surface area contributed by atoms with Gasteiger partial charge in [-0.25, -0.2) is 123 Å². The summed E-state index contributed by atoms with van der Waals surface area (Å²) in [5.74, 6) is -87.0. The SMILES string of the molecule is Cc1ccc(-c2c(-c3ccc(C)cc3)c3c([B-](c4c(F)c(F)c(F)c5c4c(-c4ccc(C)cc4)c(-c4ccc(C)cc4)c4c(F)c(F)c(F)c(F)c45)(c4c(F)c(F)c(F)c5c4c(-c4ccc(C)cc4)c(-c4ccc(C)cc4)c4c(F)c(F)c(F)c(F)c45)c4c(F)c(F)c(F)c5c4c(-c4ccc(C)cc4)c(-c4ccc(C)cc4)c4c(F)c(F)c(F)c(F)c45)c(F)c(F)c(F)c3c3c(F)c(F)c(F)c(F)c23)cc1. The van der Waals surface area contributed by atoms with Crippen LogP contribution in [0.1, 0.15) is 44.5 Å². The van der Waals surface area contributed by atoms with Gasteiger partial charge >= 0.3 is 0 Å². The highest BCUT2D eigenvalue weighted by molar-refractivity contribution is 7.23. The molecule has 0 saturated carbocycles. The minimum Gasteiger partial charge on any atom is -0.207 e. The maximum Gasteiger partial charge on any atom is 0.198 e. The van der Waals surface area contributed by atoms with Crippen LogP contribution in [0.2, 0.25) is 0 Å². The van der Waals surface area contributed by atoms with Gasteiger partial charge in [0.1, 0.15) is 29.4 Å². The fourth-order valence-electron chi connectivity index (χ4n) is 20.7. The van der Waals surface area contributed by atoms with Crippen LogP contribution in [0.5, 0.6) is 0 Å². The molecule has 0 aromatic heterocycles. The molecule has 0 radical (unpaired) electrons. The lowest BCUT2D eigenvalue weighted by Crippen LogP contribution is -2.78. The largest absolute Gasteiger partial charge is 0.207 e. The number of fused-ring (bicyclic) bond motifs is 12. The van der Waals surface area contributed by atoms with E-state index in [0.717, 1.165) is 194 Å². The highest BCUT2D eigenvalue weighted by atomic mass is 19.2. The molecular formula is C112H56BF28-. The Morgan fingerprint density at radius 2 is 0.199 bits per heavy atom. The van der Waals surface area contributed by atoms with Crippen molar-refractivity contribution in [3.63, 3.8) is 0 Å². The third-order valence-corrected chi connectivity index (χ3v) is 27.0. The van der Waals surface area contributed by atoms with Crippen molar-refractivity contribution >= 4 is 114 Å². The van der Waals surface area contributed by atoms with Crippen LogP contribution in [0.25, 0.3) is 175 Å². The minimum absolute atomic E-state index is 0.0648. The second-order valence-corrected chi connectivity index (χ2v) is 35.2. The van der Waals surface area contributed by atoms with Crippen molar-refractivity contribution in [2.75, 3.05) is 0 Å². The summed E-state index contributed by atoms with van der Waals surface area (Å²) in [6, 6.07) is 31.0. The molecule has 0 aliphatic carbocycles. The maximum atomic E-state index is 22.3. The van der Waals surface area contributed by atoms with Crippen molar-refractivity contribution < 1.29 is 123 Å². The lowest BCUT2D eigenvalue weighted by Gasteiger charge is -2.49. The Morgan fingerprint density at radius 3 is 0.319 bits per heavy atom.